The van der Waals surface area contributed by atoms with Gasteiger partial charge in [-0.05, 0) is 280 Å². The van der Waals surface area contributed by atoms with Gasteiger partial charge in [-0.1, -0.05) is 479 Å². The van der Waals surface area contributed by atoms with E-state index in [1.165, 1.54) is 261 Å². The van der Waals surface area contributed by atoms with E-state index in [2.05, 4.69) is 497 Å². The summed E-state index contributed by atoms with van der Waals surface area (Å²) >= 11 is 0. The Balaban J connectivity index is 0.000000106. The Morgan fingerprint density at radius 1 is 0.0846 bits per heavy atom. The fraction of sp³-hybridized carbons (Fsp3) is 0. The van der Waals surface area contributed by atoms with E-state index in [4.69, 9.17) is 0 Å². The molecule has 0 nitrogen and oxygen atoms in total. The third-order valence-electron chi connectivity index (χ3n) is 27.4. The third-order valence-corrected chi connectivity index (χ3v) is 27.4. The molecule has 0 heterocycles. The largest absolute Gasteiger partial charge is 0.0622 e. The van der Waals surface area contributed by atoms with Crippen LogP contribution < -0.4 is 0 Å². The van der Waals surface area contributed by atoms with Gasteiger partial charge >= 0.3 is 0 Å². The maximum absolute atomic E-state index is 2.45. The van der Waals surface area contributed by atoms with E-state index < -0.39 is 0 Å². The molecule has 0 aromatic heterocycles. The zero-order valence-electron chi connectivity index (χ0n) is 71.3. The molecule has 0 radical (unpaired) electrons. The summed E-state index contributed by atoms with van der Waals surface area (Å²) in [5, 5.41) is 40.9. The van der Waals surface area contributed by atoms with Gasteiger partial charge in [0, 0.05) is 0 Å². The first-order valence-corrected chi connectivity index (χ1v) is 45.2. The Hall–Kier alpha value is -16.9. The highest BCUT2D eigenvalue weighted by molar-refractivity contribution is 6.33. The van der Waals surface area contributed by atoms with Crippen molar-refractivity contribution in [1.29, 1.82) is 0 Å². The lowest BCUT2D eigenvalue weighted by molar-refractivity contribution is 1.62. The van der Waals surface area contributed by atoms with E-state index in [-0.39, 0.29) is 0 Å². The van der Waals surface area contributed by atoms with Gasteiger partial charge in [0.05, 0.1) is 0 Å². The fourth-order valence-electron chi connectivity index (χ4n) is 21.8. The molecule has 27 aromatic carbocycles. The molecule has 0 fully saturated rings. The molecule has 0 heteroatoms. The van der Waals surface area contributed by atoms with Gasteiger partial charge in [0.1, 0.15) is 0 Å². The second-order valence-corrected chi connectivity index (χ2v) is 34.5. The SMILES string of the molecule is c1ccc(-c2c(-c3ccccc3)c3ccc(-c4c5ccccc5c(-c5cccc6ccccc56)c5ccccc45)cc3c3ccccc23)cc1.c1ccc(-c2c3ccccc3c(-c3ccc4ccc5ccccc5c4c3)c3c2ccc2ccccc23)cc1.c1ccc2c(-c3c4ccccc4c(-c4ccc5ccc6ccccc6c5c4)c4c3ccc3ccccc34)cccc2c1. The summed E-state index contributed by atoms with van der Waals surface area (Å²) in [6, 6.07) is 183. The predicted molar refractivity (Wildman–Crippen MR) is 563 cm³/mol. The molecule has 0 unspecified atom stereocenters. The van der Waals surface area contributed by atoms with Crippen LogP contribution in [-0.2, 0) is 0 Å². The summed E-state index contributed by atoms with van der Waals surface area (Å²) in [4.78, 5) is 0. The molecule has 0 atom stereocenters. The number of fused-ring (bicyclic) bond motifs is 21. The van der Waals surface area contributed by atoms with Crippen LogP contribution in [0.25, 0.3) is 261 Å². The Labute approximate surface area is 753 Å². The van der Waals surface area contributed by atoms with Crippen molar-refractivity contribution >= 4 is 172 Å². The van der Waals surface area contributed by atoms with Crippen LogP contribution in [0.4, 0.5) is 0 Å². The molecule has 0 aliphatic rings. The van der Waals surface area contributed by atoms with Crippen molar-refractivity contribution in [2.24, 2.45) is 0 Å². The molecule has 130 heavy (non-hydrogen) atoms. The molecule has 602 valence electrons. The molecule has 27 rings (SSSR count). The summed E-state index contributed by atoms with van der Waals surface area (Å²) in [6.07, 6.45) is 0. The average Bonchev–Trinajstić information content (AvgIpc) is 0.716. The minimum atomic E-state index is 1.23. The van der Waals surface area contributed by atoms with E-state index >= 15 is 0 Å². The smallest absolute Gasteiger partial charge is 0.00141 e. The lowest BCUT2D eigenvalue weighted by Gasteiger charge is -2.21. The molecule has 0 saturated carbocycles. The highest BCUT2D eigenvalue weighted by Crippen LogP contribution is 2.54. The molecule has 0 aliphatic heterocycles. The van der Waals surface area contributed by atoms with Crippen molar-refractivity contribution in [3.63, 3.8) is 0 Å². The number of rotatable bonds is 8. The van der Waals surface area contributed by atoms with Crippen LogP contribution in [0, 0.1) is 0 Å². The lowest BCUT2D eigenvalue weighted by Crippen LogP contribution is -1.94. The van der Waals surface area contributed by atoms with E-state index in [0.717, 1.165) is 0 Å². The van der Waals surface area contributed by atoms with Crippen LogP contribution in [-0.4, -0.2) is 0 Å². The molecule has 0 aliphatic carbocycles. The van der Waals surface area contributed by atoms with Crippen LogP contribution in [0.5, 0.6) is 0 Å². The molecule has 0 bridgehead atoms. The minimum Gasteiger partial charge on any atom is -0.0622 e. The highest BCUT2D eigenvalue weighted by Gasteiger charge is 2.26. The normalized spacial score (nSPS) is 11.7. The number of hydrogen-bond donors (Lipinski definition) is 0. The standard InChI is InChI=1S/C50H32.C42H26.C38H24/c1-3-17-34(18-4-1)48-40-24-10-9-23-38(40)46-32-36(30-31-45(46)49(48)35-19-5-2-6-20-35)47-41-25-11-13-27-43(41)50(44-28-14-12-26-42(44)47)39-29-15-21-33-16-7-8-22-37(33)39;1-4-14-32-27(10-1)13-9-19-35(32)41-37-18-8-7-17-36(37)40(42-34-16-6-3-12-29(34)24-25-38(41)42)31-23-22-30-21-20-28-11-2-5-15-33(28)39(30)26-31;1-2-12-28(13-3-1)36-32-16-8-9-17-33(32)37(38-31-15-7-5-11-26(31)22-23-34(36)38)29-21-20-27-19-18-25-10-4-6-14-30(25)35(27)24-29/h1-32H;1-26H;1-24H. The van der Waals surface area contributed by atoms with Crippen molar-refractivity contribution in [1.82, 2.24) is 0 Å². The summed E-state index contributed by atoms with van der Waals surface area (Å²) in [5.41, 5.74) is 20.3. The maximum Gasteiger partial charge on any atom is -0.00141 e. The summed E-state index contributed by atoms with van der Waals surface area (Å²) in [6.45, 7) is 0. The predicted octanol–water partition coefficient (Wildman–Crippen LogP) is 36.8. The van der Waals surface area contributed by atoms with Crippen LogP contribution >= 0.6 is 0 Å². The third kappa shape index (κ3) is 12.6. The van der Waals surface area contributed by atoms with Gasteiger partial charge in [0.2, 0.25) is 0 Å². The van der Waals surface area contributed by atoms with E-state index in [1.54, 1.807) is 0 Å². The van der Waals surface area contributed by atoms with Gasteiger partial charge in [-0.25, -0.2) is 0 Å². The molecular formula is C130H82. The van der Waals surface area contributed by atoms with Gasteiger partial charge in [0.15, 0.2) is 0 Å². The van der Waals surface area contributed by atoms with Crippen molar-refractivity contribution < 1.29 is 0 Å². The fourth-order valence-corrected chi connectivity index (χ4v) is 21.8. The zero-order chi connectivity index (χ0) is 85.7. The minimum absolute atomic E-state index is 1.23. The average molecular weight is 1640 g/mol. The van der Waals surface area contributed by atoms with E-state index in [1.807, 2.05) is 0 Å². The Morgan fingerprint density at radius 3 is 0.700 bits per heavy atom. The second-order valence-electron chi connectivity index (χ2n) is 34.5. The zero-order valence-corrected chi connectivity index (χ0v) is 71.3. The molecule has 0 spiro atoms. The Morgan fingerprint density at radius 2 is 0.300 bits per heavy atom. The quantitative estimate of drug-likeness (QED) is 0.105. The molecule has 27 aromatic rings. The second kappa shape index (κ2) is 31.6. The number of benzene rings is 27. The first-order valence-electron chi connectivity index (χ1n) is 45.2. The van der Waals surface area contributed by atoms with Crippen molar-refractivity contribution in [3.05, 3.63) is 497 Å². The molecule has 0 N–H and O–H groups in total. The van der Waals surface area contributed by atoms with Gasteiger partial charge in [-0.15, -0.1) is 0 Å². The van der Waals surface area contributed by atoms with Gasteiger partial charge in [0.25, 0.3) is 0 Å². The van der Waals surface area contributed by atoms with Gasteiger partial charge in [-0.2, -0.15) is 0 Å². The van der Waals surface area contributed by atoms with Crippen molar-refractivity contribution in [2.45, 2.75) is 0 Å². The summed E-state index contributed by atoms with van der Waals surface area (Å²) in [5.74, 6) is 0. The molecule has 0 amide bonds. The van der Waals surface area contributed by atoms with Crippen molar-refractivity contribution in [2.75, 3.05) is 0 Å². The monoisotopic (exact) mass is 1640 g/mol. The molecule has 0 saturated heterocycles. The first-order chi connectivity index (χ1) is 64.6. The Bertz CT molecular complexity index is 9220. The van der Waals surface area contributed by atoms with Crippen LogP contribution in [0.15, 0.2) is 497 Å². The van der Waals surface area contributed by atoms with E-state index in [0.29, 0.717) is 0 Å². The van der Waals surface area contributed by atoms with Gasteiger partial charge < -0.3 is 0 Å². The Kier molecular flexibility index (Phi) is 18.4. The maximum atomic E-state index is 2.45. The molecular weight excluding hydrogens is 1560 g/mol. The summed E-state index contributed by atoms with van der Waals surface area (Å²) < 4.78 is 0. The van der Waals surface area contributed by atoms with Gasteiger partial charge in [-0.3, -0.25) is 0 Å². The van der Waals surface area contributed by atoms with Crippen molar-refractivity contribution in [3.8, 4) is 89.0 Å². The van der Waals surface area contributed by atoms with E-state index in [9.17, 15) is 0 Å². The number of hydrogen-bond acceptors (Lipinski definition) is 0. The first kappa shape index (κ1) is 75.6. The highest BCUT2D eigenvalue weighted by atomic mass is 14.3. The lowest BCUT2D eigenvalue weighted by atomic mass is 9.82. The topological polar surface area (TPSA) is 0 Å². The van der Waals surface area contributed by atoms with Crippen LogP contribution in [0.1, 0.15) is 0 Å². The van der Waals surface area contributed by atoms with Crippen LogP contribution in [0.2, 0.25) is 0 Å². The van der Waals surface area contributed by atoms with Crippen LogP contribution in [0.3, 0.4) is 0 Å². The summed E-state index contributed by atoms with van der Waals surface area (Å²) in [7, 11) is 0.